The number of rotatable bonds is 1. The lowest BCUT2D eigenvalue weighted by molar-refractivity contribution is 0.129. The lowest BCUT2D eigenvalue weighted by Crippen LogP contribution is -2.35. The van der Waals surface area contributed by atoms with Crippen molar-refractivity contribution < 1.29 is 14.3 Å². The van der Waals surface area contributed by atoms with Gasteiger partial charge in [-0.3, -0.25) is 0 Å². The summed E-state index contributed by atoms with van der Waals surface area (Å²) in [4.78, 5) is 11.4. The predicted molar refractivity (Wildman–Crippen MR) is 62.8 cm³/mol. The van der Waals surface area contributed by atoms with Gasteiger partial charge in [0.05, 0.1) is 0 Å². The number of hydrazine groups is 1. The fraction of sp³-hybridized carbons (Fsp3) is 0.417. The molecule has 5 nitrogen and oxygen atoms in total. The average Bonchev–Trinajstić information content (AvgIpc) is 2.53. The maximum absolute atomic E-state index is 11.4. The lowest BCUT2D eigenvalue weighted by atomic mass is 10.0. The number of benzene rings is 1. The fourth-order valence-electron chi connectivity index (χ4n) is 1.83. The number of nitrogens with two attached hydrogens (primary N) is 1. The van der Waals surface area contributed by atoms with E-state index >= 15 is 0 Å². The van der Waals surface area contributed by atoms with E-state index in [0.29, 0.717) is 11.5 Å². The van der Waals surface area contributed by atoms with E-state index in [1.165, 1.54) is 7.05 Å². The molecule has 0 aliphatic carbocycles. The Morgan fingerprint density at radius 2 is 2.24 bits per heavy atom. The van der Waals surface area contributed by atoms with Crippen molar-refractivity contribution in [2.45, 2.75) is 25.9 Å². The normalized spacial score (nSPS) is 16.0. The van der Waals surface area contributed by atoms with Crippen LogP contribution in [0.3, 0.4) is 0 Å². The first-order chi connectivity index (χ1) is 7.89. The summed E-state index contributed by atoms with van der Waals surface area (Å²) in [5.41, 5.74) is 0.777. The van der Waals surface area contributed by atoms with E-state index in [0.717, 1.165) is 17.0 Å². The lowest BCUT2D eigenvalue weighted by Gasteiger charge is -2.18. The second-order valence-electron chi connectivity index (χ2n) is 4.76. The molecule has 17 heavy (non-hydrogen) atoms. The maximum atomic E-state index is 11.4. The third-order valence-corrected chi connectivity index (χ3v) is 2.54. The Hall–Kier alpha value is -1.75. The number of nitrogens with zero attached hydrogens (tertiary/aromatic N) is 1. The largest absolute Gasteiger partial charge is 0.483 e. The van der Waals surface area contributed by atoms with Crippen molar-refractivity contribution in [1.29, 1.82) is 0 Å². The molecule has 0 radical (unpaired) electrons. The topological polar surface area (TPSA) is 64.8 Å². The molecule has 1 heterocycles. The molecule has 0 atom stereocenters. The molecule has 0 bridgehead atoms. The third-order valence-electron chi connectivity index (χ3n) is 2.54. The van der Waals surface area contributed by atoms with Crippen molar-refractivity contribution in [1.82, 2.24) is 5.01 Å². The van der Waals surface area contributed by atoms with Crippen LogP contribution in [-0.2, 0) is 6.42 Å². The van der Waals surface area contributed by atoms with Gasteiger partial charge in [-0.05, 0) is 19.9 Å². The van der Waals surface area contributed by atoms with Gasteiger partial charge in [-0.15, -0.1) is 0 Å². The highest BCUT2D eigenvalue weighted by atomic mass is 16.6. The maximum Gasteiger partial charge on any atom is 0.429 e. The van der Waals surface area contributed by atoms with Gasteiger partial charge in [0.1, 0.15) is 5.60 Å². The van der Waals surface area contributed by atoms with E-state index in [4.69, 9.17) is 15.3 Å². The van der Waals surface area contributed by atoms with Crippen LogP contribution in [0.25, 0.3) is 0 Å². The van der Waals surface area contributed by atoms with Crippen molar-refractivity contribution >= 4 is 6.09 Å². The highest BCUT2D eigenvalue weighted by molar-refractivity contribution is 5.71. The van der Waals surface area contributed by atoms with Crippen molar-refractivity contribution in [2.75, 3.05) is 7.05 Å². The molecule has 0 unspecified atom stereocenters. The first kappa shape index (κ1) is 11.7. The number of carbonyl (C=O) groups excluding carboxylic acids is 1. The smallest absolute Gasteiger partial charge is 0.429 e. The van der Waals surface area contributed by atoms with Gasteiger partial charge in [0.25, 0.3) is 0 Å². The van der Waals surface area contributed by atoms with Gasteiger partial charge in [0, 0.05) is 19.0 Å². The number of ether oxygens (including phenoxy) is 2. The van der Waals surface area contributed by atoms with E-state index in [1.54, 1.807) is 6.07 Å². The molecule has 1 aromatic rings. The van der Waals surface area contributed by atoms with Crippen LogP contribution in [0, 0.1) is 0 Å². The number of hydrogen-bond donors (Lipinski definition) is 1. The quantitative estimate of drug-likeness (QED) is 0.458. The van der Waals surface area contributed by atoms with Crippen molar-refractivity contribution in [3.63, 3.8) is 0 Å². The minimum Gasteiger partial charge on any atom is -0.483 e. The Labute approximate surface area is 100 Å². The summed E-state index contributed by atoms with van der Waals surface area (Å²) in [6, 6.07) is 5.50. The summed E-state index contributed by atoms with van der Waals surface area (Å²) < 4.78 is 10.9. The molecule has 0 spiro atoms. The second kappa shape index (κ2) is 3.92. The van der Waals surface area contributed by atoms with Gasteiger partial charge in [-0.25, -0.2) is 15.6 Å². The Morgan fingerprint density at radius 1 is 1.53 bits per heavy atom. The molecule has 0 aromatic heterocycles. The fourth-order valence-corrected chi connectivity index (χ4v) is 1.83. The van der Waals surface area contributed by atoms with Crippen LogP contribution in [0.1, 0.15) is 19.4 Å². The zero-order valence-electron chi connectivity index (χ0n) is 10.2. The van der Waals surface area contributed by atoms with Crippen molar-refractivity contribution in [3.05, 3.63) is 23.8 Å². The van der Waals surface area contributed by atoms with Crippen LogP contribution in [0.4, 0.5) is 4.79 Å². The van der Waals surface area contributed by atoms with Crippen molar-refractivity contribution in [3.8, 4) is 11.5 Å². The standard InChI is InChI=1S/C12H16N2O3/c1-12(2)7-8-5-4-6-9(10(8)17-12)16-11(15)14(3)13/h4-6H,7,13H2,1-3H3. The number of hydrogen-bond acceptors (Lipinski definition) is 4. The molecule has 2 N–H and O–H groups in total. The average molecular weight is 236 g/mol. The van der Waals surface area contributed by atoms with Crippen LogP contribution in [0.2, 0.25) is 0 Å². The van der Waals surface area contributed by atoms with E-state index < -0.39 is 6.09 Å². The van der Waals surface area contributed by atoms with E-state index in [1.807, 2.05) is 26.0 Å². The van der Waals surface area contributed by atoms with Crippen molar-refractivity contribution in [2.24, 2.45) is 5.84 Å². The second-order valence-corrected chi connectivity index (χ2v) is 4.76. The number of fused-ring (bicyclic) bond motifs is 1. The van der Waals surface area contributed by atoms with Gasteiger partial charge in [-0.1, -0.05) is 12.1 Å². The molecule has 0 saturated heterocycles. The van der Waals surface area contributed by atoms with E-state index in [2.05, 4.69) is 0 Å². The molecule has 2 rings (SSSR count). The molecule has 92 valence electrons. The Morgan fingerprint density at radius 3 is 2.88 bits per heavy atom. The van der Waals surface area contributed by atoms with Gasteiger partial charge in [0.15, 0.2) is 11.5 Å². The highest BCUT2D eigenvalue weighted by Gasteiger charge is 2.32. The molecular formula is C12H16N2O3. The van der Waals surface area contributed by atoms with Gasteiger partial charge < -0.3 is 9.47 Å². The molecule has 0 fully saturated rings. The minimum atomic E-state index is -0.619. The molecule has 0 saturated carbocycles. The van der Waals surface area contributed by atoms with Gasteiger partial charge in [-0.2, -0.15) is 0 Å². The Bertz CT molecular complexity index is 455. The first-order valence-electron chi connectivity index (χ1n) is 5.40. The van der Waals surface area contributed by atoms with Crippen LogP contribution in [0.5, 0.6) is 11.5 Å². The number of amides is 1. The van der Waals surface area contributed by atoms with Crippen LogP contribution in [0.15, 0.2) is 18.2 Å². The molecule has 5 heteroatoms. The first-order valence-corrected chi connectivity index (χ1v) is 5.40. The number of carbonyl (C=O) groups is 1. The summed E-state index contributed by atoms with van der Waals surface area (Å²) in [5.74, 6) is 6.34. The molecule has 1 amide bonds. The van der Waals surface area contributed by atoms with Crippen LogP contribution >= 0.6 is 0 Å². The summed E-state index contributed by atoms with van der Waals surface area (Å²) in [5, 5.41) is 0.888. The van der Waals surface area contributed by atoms with E-state index in [-0.39, 0.29) is 5.60 Å². The molecular weight excluding hydrogens is 220 g/mol. The molecule has 1 aliphatic rings. The summed E-state index contributed by atoms with van der Waals surface area (Å²) in [7, 11) is 1.43. The minimum absolute atomic E-state index is 0.264. The molecule has 1 aromatic carbocycles. The van der Waals surface area contributed by atoms with Gasteiger partial charge in [0.2, 0.25) is 0 Å². The third kappa shape index (κ3) is 2.34. The summed E-state index contributed by atoms with van der Waals surface area (Å²) in [6.45, 7) is 3.99. The highest BCUT2D eigenvalue weighted by Crippen LogP contribution is 2.41. The summed E-state index contributed by atoms with van der Waals surface area (Å²) >= 11 is 0. The Balaban J connectivity index is 2.27. The SMILES string of the molecule is CN(N)C(=O)Oc1cccc2c1OC(C)(C)C2. The van der Waals surface area contributed by atoms with Gasteiger partial charge >= 0.3 is 6.09 Å². The molecule has 1 aliphatic heterocycles. The monoisotopic (exact) mass is 236 g/mol. The zero-order valence-corrected chi connectivity index (χ0v) is 10.2. The zero-order chi connectivity index (χ0) is 12.6. The van der Waals surface area contributed by atoms with E-state index in [9.17, 15) is 4.79 Å². The Kier molecular flexibility index (Phi) is 2.71. The van der Waals surface area contributed by atoms with Crippen LogP contribution in [-0.4, -0.2) is 23.8 Å². The predicted octanol–water partition coefficient (Wildman–Crippen LogP) is 1.70. The van der Waals surface area contributed by atoms with Crippen LogP contribution < -0.4 is 15.3 Å². The summed E-state index contributed by atoms with van der Waals surface area (Å²) in [6.07, 6.45) is 0.179. The number of para-hydroxylation sites is 1.